The van der Waals surface area contributed by atoms with Gasteiger partial charge in [-0.15, -0.1) is 0 Å². The van der Waals surface area contributed by atoms with Crippen molar-refractivity contribution in [2.75, 3.05) is 13.7 Å². The van der Waals surface area contributed by atoms with Crippen LogP contribution in [-0.4, -0.2) is 24.9 Å². The number of nitriles is 1. The third-order valence-corrected chi connectivity index (χ3v) is 3.43. The topological polar surface area (TPSA) is 62.5 Å². The Morgan fingerprint density at radius 2 is 2.11 bits per heavy atom. The maximum atomic E-state index is 9.89. The molecule has 0 radical (unpaired) electrons. The number of aliphatic hydroxyl groups excluding tert-OH is 1. The summed E-state index contributed by atoms with van der Waals surface area (Å²) in [5.41, 5.74) is 0.712. The maximum Gasteiger partial charge on any atom is 0.175 e. The van der Waals surface area contributed by atoms with E-state index in [0.717, 1.165) is 0 Å². The number of ether oxygens (including phenoxy) is 2. The van der Waals surface area contributed by atoms with Crippen LogP contribution in [0.1, 0.15) is 31.7 Å². The van der Waals surface area contributed by atoms with Crippen LogP contribution in [0.25, 0.3) is 0 Å². The molecule has 0 aliphatic heterocycles. The van der Waals surface area contributed by atoms with Gasteiger partial charge in [-0.05, 0) is 47.0 Å². The minimum absolute atomic E-state index is 0.519. The second kappa shape index (κ2) is 7.37. The summed E-state index contributed by atoms with van der Waals surface area (Å²) in [6, 6.07) is 5.66. The smallest absolute Gasteiger partial charge is 0.175 e. The van der Waals surface area contributed by atoms with E-state index in [-0.39, 0.29) is 0 Å². The van der Waals surface area contributed by atoms with Crippen LogP contribution in [0.3, 0.4) is 0 Å². The first-order valence-electron chi connectivity index (χ1n) is 6.16. The highest BCUT2D eigenvalue weighted by Gasteiger charge is 2.22. The monoisotopic (exact) mass is 327 g/mol. The first-order valence-corrected chi connectivity index (χ1v) is 6.96. The first kappa shape index (κ1) is 15.8. The van der Waals surface area contributed by atoms with Gasteiger partial charge in [-0.1, -0.05) is 6.92 Å². The van der Waals surface area contributed by atoms with Gasteiger partial charge >= 0.3 is 0 Å². The van der Waals surface area contributed by atoms with Gasteiger partial charge in [0.05, 0.1) is 36.3 Å². The molecule has 0 bridgehead atoms. The zero-order chi connectivity index (χ0) is 14.4. The Kier molecular flexibility index (Phi) is 6.13. The quantitative estimate of drug-likeness (QED) is 0.871. The van der Waals surface area contributed by atoms with Gasteiger partial charge in [-0.2, -0.15) is 5.26 Å². The van der Waals surface area contributed by atoms with Crippen LogP contribution >= 0.6 is 15.9 Å². The van der Waals surface area contributed by atoms with Crippen molar-refractivity contribution in [3.8, 4) is 17.6 Å². The molecule has 0 aliphatic rings. The van der Waals surface area contributed by atoms with Gasteiger partial charge in [-0.3, -0.25) is 0 Å². The van der Waals surface area contributed by atoms with Crippen LogP contribution in [0, 0.1) is 11.3 Å². The van der Waals surface area contributed by atoms with E-state index in [2.05, 4.69) is 22.0 Å². The SMILES string of the molecule is CCOc1c(Br)cc(C(C#N)C(O)CC)cc1OC. The second-order valence-electron chi connectivity index (χ2n) is 4.05. The van der Waals surface area contributed by atoms with Gasteiger partial charge in [0.2, 0.25) is 0 Å². The van der Waals surface area contributed by atoms with Crippen LogP contribution in [0.4, 0.5) is 0 Å². The van der Waals surface area contributed by atoms with Gasteiger partial charge in [0.1, 0.15) is 0 Å². The maximum absolute atomic E-state index is 9.89. The van der Waals surface area contributed by atoms with Crippen molar-refractivity contribution in [2.24, 2.45) is 0 Å². The van der Waals surface area contributed by atoms with Crippen LogP contribution in [0.15, 0.2) is 16.6 Å². The van der Waals surface area contributed by atoms with E-state index in [1.807, 2.05) is 13.8 Å². The normalized spacial score (nSPS) is 13.5. The van der Waals surface area contributed by atoms with Crippen molar-refractivity contribution >= 4 is 15.9 Å². The lowest BCUT2D eigenvalue weighted by Gasteiger charge is -2.18. The molecule has 0 amide bonds. The van der Waals surface area contributed by atoms with E-state index in [1.54, 1.807) is 19.2 Å². The fourth-order valence-corrected chi connectivity index (χ4v) is 2.40. The molecule has 5 heteroatoms. The highest BCUT2D eigenvalue weighted by Crippen LogP contribution is 2.39. The van der Waals surface area contributed by atoms with Crippen molar-refractivity contribution in [1.29, 1.82) is 5.26 Å². The molecular formula is C14H18BrNO3. The van der Waals surface area contributed by atoms with Crippen LogP contribution in [0.2, 0.25) is 0 Å². The summed E-state index contributed by atoms with van der Waals surface area (Å²) in [6.07, 6.45) is -0.176. The predicted molar refractivity (Wildman–Crippen MR) is 76.5 cm³/mol. The number of benzene rings is 1. The van der Waals surface area contributed by atoms with Crippen molar-refractivity contribution in [3.63, 3.8) is 0 Å². The van der Waals surface area contributed by atoms with Gasteiger partial charge in [0.15, 0.2) is 11.5 Å². The highest BCUT2D eigenvalue weighted by molar-refractivity contribution is 9.10. The number of halogens is 1. The molecule has 0 aromatic heterocycles. The molecule has 0 aliphatic carbocycles. The molecule has 2 unspecified atom stereocenters. The largest absolute Gasteiger partial charge is 0.493 e. The molecule has 4 nitrogen and oxygen atoms in total. The molecule has 0 fully saturated rings. The zero-order valence-corrected chi connectivity index (χ0v) is 12.9. The summed E-state index contributed by atoms with van der Waals surface area (Å²) < 4.78 is 11.5. The van der Waals surface area contributed by atoms with E-state index >= 15 is 0 Å². The Balaban J connectivity index is 3.24. The Hall–Kier alpha value is -1.25. The lowest BCUT2D eigenvalue weighted by molar-refractivity contribution is 0.157. The number of hydrogen-bond donors (Lipinski definition) is 1. The molecule has 1 aromatic rings. The van der Waals surface area contributed by atoms with E-state index < -0.39 is 12.0 Å². The number of rotatable bonds is 6. The van der Waals surface area contributed by atoms with Crippen molar-refractivity contribution in [1.82, 2.24) is 0 Å². The molecule has 104 valence electrons. The van der Waals surface area contributed by atoms with Gasteiger partial charge in [0, 0.05) is 0 Å². The summed E-state index contributed by atoms with van der Waals surface area (Å²) in [5, 5.41) is 19.1. The molecule has 0 saturated carbocycles. The molecule has 1 rings (SSSR count). The van der Waals surface area contributed by atoms with Crippen molar-refractivity contribution < 1.29 is 14.6 Å². The molecule has 1 aromatic carbocycles. The third-order valence-electron chi connectivity index (χ3n) is 2.84. The Morgan fingerprint density at radius 3 is 2.58 bits per heavy atom. The molecule has 19 heavy (non-hydrogen) atoms. The summed E-state index contributed by atoms with van der Waals surface area (Å²) in [5.74, 6) is 0.581. The van der Waals surface area contributed by atoms with E-state index in [0.29, 0.717) is 34.6 Å². The minimum Gasteiger partial charge on any atom is -0.493 e. The Labute approximate surface area is 122 Å². The van der Waals surface area contributed by atoms with Crippen molar-refractivity contribution in [2.45, 2.75) is 32.3 Å². The fourth-order valence-electron chi connectivity index (χ4n) is 1.82. The number of nitrogens with zero attached hydrogens (tertiary/aromatic N) is 1. The van der Waals surface area contributed by atoms with Gasteiger partial charge in [0.25, 0.3) is 0 Å². The van der Waals surface area contributed by atoms with Gasteiger partial charge < -0.3 is 14.6 Å². The molecule has 0 saturated heterocycles. The molecule has 0 heterocycles. The van der Waals surface area contributed by atoms with Crippen molar-refractivity contribution in [3.05, 3.63) is 22.2 Å². The van der Waals surface area contributed by atoms with E-state index in [9.17, 15) is 10.4 Å². The average Bonchev–Trinajstić information content (AvgIpc) is 2.41. The molecule has 2 atom stereocenters. The number of methoxy groups -OCH3 is 1. The summed E-state index contributed by atoms with van der Waals surface area (Å²) in [6.45, 7) is 4.25. The number of hydrogen-bond acceptors (Lipinski definition) is 4. The highest BCUT2D eigenvalue weighted by atomic mass is 79.9. The zero-order valence-electron chi connectivity index (χ0n) is 11.3. The van der Waals surface area contributed by atoms with E-state index in [1.165, 1.54) is 0 Å². The summed E-state index contributed by atoms with van der Waals surface area (Å²) >= 11 is 3.41. The first-order chi connectivity index (χ1) is 9.08. The number of aliphatic hydroxyl groups is 1. The minimum atomic E-state index is -0.695. The fraction of sp³-hybridized carbons (Fsp3) is 0.500. The standard InChI is InChI=1S/C14H18BrNO3/c1-4-12(17)10(8-16)9-6-11(15)14(19-5-2)13(7-9)18-3/h6-7,10,12,17H,4-5H2,1-3H3. The molecular weight excluding hydrogens is 310 g/mol. The van der Waals surface area contributed by atoms with Crippen LogP contribution in [-0.2, 0) is 0 Å². The Morgan fingerprint density at radius 1 is 1.42 bits per heavy atom. The van der Waals surface area contributed by atoms with Crippen LogP contribution in [0.5, 0.6) is 11.5 Å². The lowest BCUT2D eigenvalue weighted by atomic mass is 9.93. The summed E-state index contributed by atoms with van der Waals surface area (Å²) in [7, 11) is 1.55. The van der Waals surface area contributed by atoms with Crippen LogP contribution < -0.4 is 9.47 Å². The van der Waals surface area contributed by atoms with E-state index in [4.69, 9.17) is 9.47 Å². The Bertz CT molecular complexity index is 470. The predicted octanol–water partition coefficient (Wildman–Crippen LogP) is 3.23. The molecule has 0 spiro atoms. The molecule has 1 N–H and O–H groups in total. The average molecular weight is 328 g/mol. The lowest BCUT2D eigenvalue weighted by Crippen LogP contribution is -2.16. The second-order valence-corrected chi connectivity index (χ2v) is 4.90. The summed E-state index contributed by atoms with van der Waals surface area (Å²) in [4.78, 5) is 0. The van der Waals surface area contributed by atoms with Gasteiger partial charge in [-0.25, -0.2) is 0 Å². The third kappa shape index (κ3) is 3.62.